The Morgan fingerprint density at radius 1 is 1.21 bits per heavy atom. The summed E-state index contributed by atoms with van der Waals surface area (Å²) in [6.45, 7) is 1.28. The van der Waals surface area contributed by atoms with Crippen LogP contribution in [0, 0.1) is 11.6 Å². The number of fused-ring (bicyclic) bond motifs is 1. The number of hydrogen-bond acceptors (Lipinski definition) is 4. The Balaban J connectivity index is 1.67. The maximum Gasteiger partial charge on any atom is 0.230 e. The predicted molar refractivity (Wildman–Crippen MR) is 104 cm³/mol. The van der Waals surface area contributed by atoms with Crippen molar-refractivity contribution < 1.29 is 18.4 Å². The van der Waals surface area contributed by atoms with Crippen LogP contribution in [0.4, 0.5) is 19.6 Å². The van der Waals surface area contributed by atoms with Crippen LogP contribution in [0.1, 0.15) is 28.5 Å². The first-order valence-corrected chi connectivity index (χ1v) is 9.36. The number of carbonyl (C=O) groups is 2. The number of ketones is 1. The zero-order valence-electron chi connectivity index (χ0n) is 14.8. The van der Waals surface area contributed by atoms with Gasteiger partial charge in [0, 0.05) is 35.9 Å². The number of carbonyl (C=O) groups excluding carboxylic acids is 2. The first-order valence-electron chi connectivity index (χ1n) is 8.48. The molecule has 0 spiro atoms. The van der Waals surface area contributed by atoms with Gasteiger partial charge in [-0.1, -0.05) is 24.3 Å². The first-order chi connectivity index (χ1) is 13.4. The van der Waals surface area contributed by atoms with Crippen molar-refractivity contribution in [2.45, 2.75) is 13.3 Å². The average Bonchev–Trinajstić information content (AvgIpc) is 3.23. The van der Waals surface area contributed by atoms with Gasteiger partial charge in [0.15, 0.2) is 10.9 Å². The minimum atomic E-state index is -0.855. The van der Waals surface area contributed by atoms with Gasteiger partial charge in [-0.25, -0.2) is 13.8 Å². The van der Waals surface area contributed by atoms with E-state index in [4.69, 9.17) is 0 Å². The molecule has 0 saturated heterocycles. The second kappa shape index (κ2) is 7.09. The van der Waals surface area contributed by atoms with E-state index in [1.54, 1.807) is 17.5 Å². The van der Waals surface area contributed by atoms with Crippen LogP contribution < -0.4 is 4.90 Å². The van der Waals surface area contributed by atoms with Gasteiger partial charge in [0.05, 0.1) is 11.4 Å². The minimum Gasteiger partial charge on any atom is -0.289 e. The Hall–Kier alpha value is -3.19. The second-order valence-corrected chi connectivity index (χ2v) is 7.17. The van der Waals surface area contributed by atoms with Gasteiger partial charge in [-0.15, -0.1) is 11.3 Å². The van der Waals surface area contributed by atoms with Gasteiger partial charge in [-0.2, -0.15) is 0 Å². The summed E-state index contributed by atoms with van der Waals surface area (Å²) in [5, 5.41) is 1.93. The number of amides is 1. The van der Waals surface area contributed by atoms with Crippen LogP contribution in [0.25, 0.3) is 6.08 Å². The molecule has 4 rings (SSSR count). The number of halogens is 2. The van der Waals surface area contributed by atoms with E-state index in [1.165, 1.54) is 13.0 Å². The Morgan fingerprint density at radius 2 is 2.00 bits per heavy atom. The maximum atomic E-state index is 14.2. The number of Topliss-reactive ketones (excluding diaryl/α,β-unsaturated/α-hetero) is 1. The summed E-state index contributed by atoms with van der Waals surface area (Å²) >= 11 is 1.14. The number of aromatic nitrogens is 1. The molecule has 0 aliphatic heterocycles. The summed E-state index contributed by atoms with van der Waals surface area (Å²) in [7, 11) is 0. The van der Waals surface area contributed by atoms with Crippen LogP contribution in [0.2, 0.25) is 0 Å². The third-order valence-electron chi connectivity index (χ3n) is 4.42. The maximum absolute atomic E-state index is 14.2. The molecule has 3 aromatic rings. The van der Waals surface area contributed by atoms with Gasteiger partial charge < -0.3 is 0 Å². The van der Waals surface area contributed by atoms with E-state index in [9.17, 15) is 18.4 Å². The molecule has 0 N–H and O–H groups in total. The lowest BCUT2D eigenvalue weighted by molar-refractivity contribution is -0.115. The van der Waals surface area contributed by atoms with Crippen molar-refractivity contribution in [2.24, 2.45) is 0 Å². The van der Waals surface area contributed by atoms with Gasteiger partial charge >= 0.3 is 0 Å². The van der Waals surface area contributed by atoms with Crippen LogP contribution in [-0.4, -0.2) is 16.7 Å². The highest BCUT2D eigenvalue weighted by Gasteiger charge is 2.25. The summed E-state index contributed by atoms with van der Waals surface area (Å²) in [4.78, 5) is 30.1. The molecule has 2 aromatic carbocycles. The molecule has 1 aliphatic rings. The predicted octanol–water partition coefficient (Wildman–Crippen LogP) is 4.93. The van der Waals surface area contributed by atoms with E-state index >= 15 is 0 Å². The molecule has 1 amide bonds. The van der Waals surface area contributed by atoms with Crippen molar-refractivity contribution in [1.82, 2.24) is 4.98 Å². The molecule has 1 heterocycles. The van der Waals surface area contributed by atoms with Gasteiger partial charge in [-0.05, 0) is 23.8 Å². The number of allylic oxidation sites excluding steroid dienone is 1. The molecular weight excluding hydrogens is 382 g/mol. The quantitative estimate of drug-likeness (QED) is 0.590. The fourth-order valence-electron chi connectivity index (χ4n) is 3.16. The highest BCUT2D eigenvalue weighted by Crippen LogP contribution is 2.33. The van der Waals surface area contributed by atoms with Crippen LogP contribution in [0.15, 0.2) is 53.4 Å². The number of thiazole rings is 1. The van der Waals surface area contributed by atoms with Crippen molar-refractivity contribution >= 4 is 39.9 Å². The lowest BCUT2D eigenvalue weighted by atomic mass is 10.1. The Bertz CT molecular complexity index is 1140. The van der Waals surface area contributed by atoms with E-state index in [2.05, 4.69) is 4.98 Å². The molecule has 0 radical (unpaired) electrons. The van der Waals surface area contributed by atoms with Gasteiger partial charge in [0.1, 0.15) is 11.6 Å². The van der Waals surface area contributed by atoms with Crippen LogP contribution in [0.5, 0.6) is 0 Å². The van der Waals surface area contributed by atoms with E-state index in [0.29, 0.717) is 23.3 Å². The van der Waals surface area contributed by atoms with Gasteiger partial charge in [0.25, 0.3) is 0 Å². The summed E-state index contributed by atoms with van der Waals surface area (Å²) < 4.78 is 27.4. The number of hydrogen-bond donors (Lipinski definition) is 0. The highest BCUT2D eigenvalue weighted by atomic mass is 32.1. The van der Waals surface area contributed by atoms with E-state index in [-0.39, 0.29) is 16.6 Å². The van der Waals surface area contributed by atoms with E-state index in [0.717, 1.165) is 33.9 Å². The fourth-order valence-corrected chi connectivity index (χ4v) is 4.00. The molecule has 0 bridgehead atoms. The highest BCUT2D eigenvalue weighted by molar-refractivity contribution is 7.14. The fraction of sp³-hybridized carbons (Fsp3) is 0.0952. The van der Waals surface area contributed by atoms with E-state index < -0.39 is 17.5 Å². The van der Waals surface area contributed by atoms with Crippen LogP contribution in [0.3, 0.4) is 0 Å². The second-order valence-electron chi connectivity index (χ2n) is 6.34. The number of benzene rings is 2. The third kappa shape index (κ3) is 3.25. The lowest BCUT2D eigenvalue weighted by Crippen LogP contribution is -2.23. The van der Waals surface area contributed by atoms with E-state index in [1.807, 2.05) is 18.2 Å². The Morgan fingerprint density at radius 3 is 2.71 bits per heavy atom. The zero-order valence-corrected chi connectivity index (χ0v) is 15.6. The number of anilines is 2. The summed E-state index contributed by atoms with van der Waals surface area (Å²) in [5.41, 5.74) is 2.69. The molecule has 0 fully saturated rings. The summed E-state index contributed by atoms with van der Waals surface area (Å²) in [6, 6.07) is 10.4. The molecule has 28 heavy (non-hydrogen) atoms. The molecule has 0 unspecified atom stereocenters. The molecule has 1 aromatic heterocycles. The van der Waals surface area contributed by atoms with Crippen molar-refractivity contribution in [3.63, 3.8) is 0 Å². The third-order valence-corrected chi connectivity index (χ3v) is 5.27. The number of nitrogens with zero attached hydrogens (tertiary/aromatic N) is 2. The van der Waals surface area contributed by atoms with Gasteiger partial charge in [0.2, 0.25) is 5.91 Å². The number of rotatable bonds is 3. The molecular formula is C21H14F2N2O2S. The SMILES string of the molecule is CC(=O)N(c1nc(C=C2Cc3ccccc3C2=O)cs1)c1ccc(F)cc1F. The monoisotopic (exact) mass is 396 g/mol. The normalized spacial score (nSPS) is 14.4. The molecule has 1 aliphatic carbocycles. The smallest absolute Gasteiger partial charge is 0.230 e. The van der Waals surface area contributed by atoms with Crippen molar-refractivity contribution in [2.75, 3.05) is 4.90 Å². The molecule has 0 atom stereocenters. The zero-order chi connectivity index (χ0) is 19.8. The molecule has 0 saturated carbocycles. The first kappa shape index (κ1) is 18.2. The standard InChI is InChI=1S/C21H14F2N2O2S/c1-12(26)25(19-7-6-15(22)10-18(19)23)21-24-16(11-28-21)9-14-8-13-4-2-3-5-17(13)20(14)27/h2-7,9-11H,8H2,1H3. The van der Waals surface area contributed by atoms with Crippen LogP contribution >= 0.6 is 11.3 Å². The molecule has 4 nitrogen and oxygen atoms in total. The average molecular weight is 396 g/mol. The van der Waals surface area contributed by atoms with Crippen molar-refractivity contribution in [3.05, 3.63) is 81.9 Å². The summed E-state index contributed by atoms with van der Waals surface area (Å²) in [6.07, 6.45) is 2.20. The Labute approximate surface area is 163 Å². The van der Waals surface area contributed by atoms with Crippen LogP contribution in [-0.2, 0) is 11.2 Å². The van der Waals surface area contributed by atoms with Crippen molar-refractivity contribution in [3.8, 4) is 0 Å². The van der Waals surface area contributed by atoms with Crippen molar-refractivity contribution in [1.29, 1.82) is 0 Å². The van der Waals surface area contributed by atoms with Gasteiger partial charge in [-0.3, -0.25) is 14.5 Å². The largest absolute Gasteiger partial charge is 0.289 e. The minimum absolute atomic E-state index is 0.0434. The molecule has 7 heteroatoms. The lowest BCUT2D eigenvalue weighted by Gasteiger charge is -2.18. The Kier molecular flexibility index (Phi) is 4.60. The summed E-state index contributed by atoms with van der Waals surface area (Å²) in [5.74, 6) is -2.08. The topological polar surface area (TPSA) is 50.3 Å². The molecule has 140 valence electrons.